The summed E-state index contributed by atoms with van der Waals surface area (Å²) >= 11 is 0. The molecule has 17 nitrogen and oxygen atoms in total. The van der Waals surface area contributed by atoms with Gasteiger partial charge in [0, 0.05) is 25.8 Å². The average Bonchev–Trinajstić information content (AvgIpc) is 3.41. The summed E-state index contributed by atoms with van der Waals surface area (Å²) in [5.74, 6) is -5.89. The first kappa shape index (κ1) is 74.7. The maximum atomic E-state index is 14.4. The molecule has 0 rings (SSSR count). The van der Waals surface area contributed by atoms with Crippen LogP contribution in [-0.2, 0) is 71.5 Å². The quantitative estimate of drug-likeness (QED) is 0.0340. The van der Waals surface area contributed by atoms with Gasteiger partial charge in [0.05, 0.1) is 23.7 Å². The fraction of sp³-hybridized carbons (Fsp3) is 0.871. The van der Waals surface area contributed by atoms with Gasteiger partial charge in [0.1, 0.15) is 26.4 Å². The Hall–Kier alpha value is -4.28. The van der Waals surface area contributed by atoms with Crippen molar-refractivity contribution in [3.63, 3.8) is 0 Å². The number of carbonyl (C=O) groups is 8. The monoisotopic (exact) mass is 1120 g/mol. The smallest absolute Gasteiger partial charge is 0.308 e. The SMILES string of the molecule is CCCCCCC(C)C(=O)OCC(COC(=O)C(C)CCCCCC)OC(=O)CCCC(CCCC(=O)OC(COC(=O)C(C)CCCCCC)COC(=O)C(C)CCCCCC)(OC(=O)CCCN(C)C)C(=O)NCCCC. The van der Waals surface area contributed by atoms with E-state index in [1.54, 1.807) is 27.7 Å². The van der Waals surface area contributed by atoms with Crippen LogP contribution in [-0.4, -0.2) is 124 Å². The molecule has 0 aliphatic rings. The highest BCUT2D eigenvalue weighted by Crippen LogP contribution is 2.29. The second-order valence-corrected chi connectivity index (χ2v) is 22.4. The molecule has 0 heterocycles. The summed E-state index contributed by atoms with van der Waals surface area (Å²) in [5.41, 5.74) is -1.81. The third-order valence-corrected chi connectivity index (χ3v) is 14.3. The number of hydrogen-bond acceptors (Lipinski definition) is 16. The average molecular weight is 1130 g/mol. The molecule has 0 bridgehead atoms. The molecule has 0 saturated heterocycles. The number of unbranched alkanes of at least 4 members (excludes halogenated alkanes) is 13. The lowest BCUT2D eigenvalue weighted by Gasteiger charge is -2.33. The van der Waals surface area contributed by atoms with Crippen molar-refractivity contribution in [2.75, 3.05) is 53.6 Å². The highest BCUT2D eigenvalue weighted by atomic mass is 16.6. The fourth-order valence-corrected chi connectivity index (χ4v) is 8.86. The Kier molecular flexibility index (Phi) is 44.8. The van der Waals surface area contributed by atoms with Gasteiger partial charge in [-0.2, -0.15) is 0 Å². The predicted molar refractivity (Wildman–Crippen MR) is 308 cm³/mol. The van der Waals surface area contributed by atoms with Crippen molar-refractivity contribution in [2.24, 2.45) is 23.7 Å². The van der Waals surface area contributed by atoms with Gasteiger partial charge in [-0.15, -0.1) is 0 Å². The molecule has 1 N–H and O–H groups in total. The number of hydrogen-bond donors (Lipinski definition) is 1. The minimum atomic E-state index is -1.81. The zero-order valence-electron chi connectivity index (χ0n) is 51.5. The van der Waals surface area contributed by atoms with Crippen LogP contribution in [0.15, 0.2) is 0 Å². The summed E-state index contributed by atoms with van der Waals surface area (Å²) in [6.45, 7) is 17.2. The van der Waals surface area contributed by atoms with Gasteiger partial charge in [0.15, 0.2) is 17.8 Å². The lowest BCUT2D eigenvalue weighted by Crippen LogP contribution is -2.50. The Morgan fingerprint density at radius 3 is 1.03 bits per heavy atom. The summed E-state index contributed by atoms with van der Waals surface area (Å²) < 4.78 is 40.3. The molecular formula is C62H112N2O15. The zero-order valence-corrected chi connectivity index (χ0v) is 51.5. The van der Waals surface area contributed by atoms with Crippen LogP contribution in [0.3, 0.4) is 0 Å². The van der Waals surface area contributed by atoms with Gasteiger partial charge >= 0.3 is 41.8 Å². The predicted octanol–water partition coefficient (Wildman–Crippen LogP) is 12.3. The Morgan fingerprint density at radius 1 is 0.405 bits per heavy atom. The van der Waals surface area contributed by atoms with Gasteiger partial charge in [-0.05, 0) is 84.8 Å². The topological polar surface area (TPSA) is 216 Å². The molecule has 460 valence electrons. The van der Waals surface area contributed by atoms with Crippen molar-refractivity contribution in [3.05, 3.63) is 0 Å². The minimum absolute atomic E-state index is 0.00786. The van der Waals surface area contributed by atoms with Crippen LogP contribution >= 0.6 is 0 Å². The normalized spacial score (nSPS) is 14.4. The van der Waals surface area contributed by atoms with E-state index in [-0.39, 0.29) is 95.0 Å². The van der Waals surface area contributed by atoms with E-state index in [1.165, 1.54) is 0 Å². The number of rotatable bonds is 51. The fourth-order valence-electron chi connectivity index (χ4n) is 8.86. The number of ether oxygens (including phenoxy) is 7. The largest absolute Gasteiger partial charge is 0.461 e. The second kappa shape index (κ2) is 47.4. The molecule has 0 aliphatic heterocycles. The van der Waals surface area contributed by atoms with Crippen molar-refractivity contribution in [3.8, 4) is 0 Å². The molecule has 0 radical (unpaired) electrons. The molecule has 0 aromatic heterocycles. The highest BCUT2D eigenvalue weighted by molar-refractivity contribution is 5.88. The van der Waals surface area contributed by atoms with Crippen LogP contribution in [0.2, 0.25) is 0 Å². The van der Waals surface area contributed by atoms with E-state index in [0.29, 0.717) is 51.6 Å². The van der Waals surface area contributed by atoms with E-state index < -0.39 is 65.5 Å². The Balaban J connectivity index is 6.52. The van der Waals surface area contributed by atoms with Gasteiger partial charge < -0.3 is 43.4 Å². The molecule has 4 atom stereocenters. The zero-order chi connectivity index (χ0) is 59.3. The van der Waals surface area contributed by atoms with Crippen LogP contribution in [0.25, 0.3) is 0 Å². The molecule has 0 aliphatic carbocycles. The van der Waals surface area contributed by atoms with E-state index in [2.05, 4.69) is 33.0 Å². The van der Waals surface area contributed by atoms with Crippen molar-refractivity contribution in [1.29, 1.82) is 0 Å². The first-order valence-electron chi connectivity index (χ1n) is 31.0. The molecular weight excluding hydrogens is 1010 g/mol. The minimum Gasteiger partial charge on any atom is -0.461 e. The van der Waals surface area contributed by atoms with E-state index in [4.69, 9.17) is 33.2 Å². The van der Waals surface area contributed by atoms with Gasteiger partial charge in [-0.25, -0.2) is 0 Å². The van der Waals surface area contributed by atoms with Gasteiger partial charge in [0.25, 0.3) is 5.91 Å². The number of carbonyl (C=O) groups excluding carboxylic acids is 8. The summed E-state index contributed by atoms with van der Waals surface area (Å²) in [7, 11) is 3.76. The van der Waals surface area contributed by atoms with Crippen molar-refractivity contribution in [1.82, 2.24) is 10.2 Å². The summed E-state index contributed by atoms with van der Waals surface area (Å²) in [6, 6.07) is 0. The van der Waals surface area contributed by atoms with E-state index in [0.717, 1.165) is 109 Å². The number of nitrogens with one attached hydrogen (secondary N) is 1. The van der Waals surface area contributed by atoms with Gasteiger partial charge in [-0.3, -0.25) is 38.4 Å². The molecule has 0 spiro atoms. The lowest BCUT2D eigenvalue weighted by atomic mass is 9.89. The Labute approximate surface area is 477 Å². The van der Waals surface area contributed by atoms with E-state index in [9.17, 15) is 38.4 Å². The maximum absolute atomic E-state index is 14.4. The van der Waals surface area contributed by atoms with Crippen LogP contribution in [0, 0.1) is 23.7 Å². The Morgan fingerprint density at radius 2 is 0.722 bits per heavy atom. The van der Waals surface area contributed by atoms with Crippen molar-refractivity contribution >= 4 is 47.7 Å². The molecule has 0 fully saturated rings. The molecule has 79 heavy (non-hydrogen) atoms. The molecule has 0 saturated carbocycles. The molecule has 4 unspecified atom stereocenters. The molecule has 1 amide bonds. The van der Waals surface area contributed by atoms with Gasteiger partial charge in [0.2, 0.25) is 0 Å². The third kappa shape index (κ3) is 38.1. The summed E-state index contributed by atoms with van der Waals surface area (Å²) in [6.07, 6.45) is 17.6. The standard InChI is InChI=1S/C62H112N2O15/c1-12-17-22-26-33-48(6)57(68)73-44-52(45-74-58(69)49(7)34-27-23-18-13-2)77-54(65)37-30-40-62(61(72)63-42-21-16-5,79-56(67)39-32-43-64(10)11)41-31-38-55(66)78-53(46-75-59(70)50(8)35-28-24-19-14-3)47-76-60(71)51(9)36-29-25-20-15-4/h48-53H,12-47H2,1-11H3,(H,63,72). The first-order chi connectivity index (χ1) is 37.8. The molecule has 17 heteroatoms. The van der Waals surface area contributed by atoms with E-state index in [1.807, 2.05) is 25.9 Å². The Bertz CT molecular complexity index is 1510. The third-order valence-electron chi connectivity index (χ3n) is 14.3. The van der Waals surface area contributed by atoms with Crippen LogP contribution < -0.4 is 5.32 Å². The van der Waals surface area contributed by atoms with Crippen molar-refractivity contribution < 1.29 is 71.5 Å². The number of amides is 1. The summed E-state index contributed by atoms with van der Waals surface area (Å²) in [4.78, 5) is 109. The van der Waals surface area contributed by atoms with Crippen LogP contribution in [0.1, 0.15) is 255 Å². The highest BCUT2D eigenvalue weighted by Gasteiger charge is 2.42. The van der Waals surface area contributed by atoms with Crippen molar-refractivity contribution in [2.45, 2.75) is 273 Å². The number of nitrogens with zero attached hydrogens (tertiary/aromatic N) is 1. The summed E-state index contributed by atoms with van der Waals surface area (Å²) in [5, 5.41) is 2.92. The molecule has 0 aromatic carbocycles. The van der Waals surface area contributed by atoms with Crippen LogP contribution in [0.5, 0.6) is 0 Å². The van der Waals surface area contributed by atoms with Crippen LogP contribution in [0.4, 0.5) is 0 Å². The lowest BCUT2D eigenvalue weighted by molar-refractivity contribution is -0.173. The van der Waals surface area contributed by atoms with E-state index >= 15 is 0 Å². The number of esters is 7. The maximum Gasteiger partial charge on any atom is 0.308 e. The first-order valence-corrected chi connectivity index (χ1v) is 31.0. The molecule has 0 aromatic rings. The van der Waals surface area contributed by atoms with Gasteiger partial charge in [-0.1, -0.05) is 171 Å². The second-order valence-electron chi connectivity index (χ2n) is 22.4.